The topological polar surface area (TPSA) is 63.2 Å². The third-order valence-electron chi connectivity index (χ3n) is 3.58. The largest absolute Gasteiger partial charge is 0.346 e. The Morgan fingerprint density at radius 1 is 1.33 bits per heavy atom. The second-order valence-corrected chi connectivity index (χ2v) is 7.91. The van der Waals surface area contributed by atoms with Crippen LogP contribution in [0.1, 0.15) is 25.8 Å². The molecule has 1 aromatic carbocycles. The van der Waals surface area contributed by atoms with E-state index in [2.05, 4.69) is 5.32 Å². The highest BCUT2D eigenvalue weighted by Gasteiger charge is 2.39. The second kappa shape index (κ2) is 5.60. The summed E-state index contributed by atoms with van der Waals surface area (Å²) in [6, 6.07) is 5.84. The number of hydrogen-bond acceptors (Lipinski definition) is 3. The molecule has 1 aromatic rings. The van der Waals surface area contributed by atoms with Crippen LogP contribution < -0.4 is 5.32 Å². The molecule has 6 heteroatoms. The Hall–Kier alpha value is -1.69. The van der Waals surface area contributed by atoms with Crippen molar-refractivity contribution >= 4 is 21.3 Å². The lowest BCUT2D eigenvalue weighted by Crippen LogP contribution is -2.46. The van der Waals surface area contributed by atoms with Crippen molar-refractivity contribution in [1.29, 1.82) is 0 Å². The standard InChI is InChI=1S/C15H18FNO3S/c1-11(12-3-5-13(16)6-4-12)9-14(18)17-15(2)7-8-21(19,20)10-15/h3-6,9H,7-8,10H2,1-2H3,(H,17,18)/b11-9+. The maximum absolute atomic E-state index is 12.9. The van der Waals surface area contributed by atoms with Crippen molar-refractivity contribution in [3.8, 4) is 0 Å². The predicted molar refractivity (Wildman–Crippen MR) is 79.9 cm³/mol. The van der Waals surface area contributed by atoms with E-state index in [0.717, 1.165) is 5.56 Å². The molecular formula is C15H18FNO3S. The van der Waals surface area contributed by atoms with Crippen molar-refractivity contribution in [1.82, 2.24) is 5.32 Å². The summed E-state index contributed by atoms with van der Waals surface area (Å²) in [6.07, 6.45) is 1.83. The summed E-state index contributed by atoms with van der Waals surface area (Å²) >= 11 is 0. The molecule has 1 saturated heterocycles. The molecule has 0 aliphatic carbocycles. The van der Waals surface area contributed by atoms with E-state index in [-0.39, 0.29) is 23.2 Å². The van der Waals surface area contributed by atoms with Crippen molar-refractivity contribution in [2.24, 2.45) is 0 Å². The molecule has 1 fully saturated rings. The number of sulfone groups is 1. The summed E-state index contributed by atoms with van der Waals surface area (Å²) in [6.45, 7) is 3.48. The predicted octanol–water partition coefficient (Wildman–Crippen LogP) is 1.92. The highest BCUT2D eigenvalue weighted by molar-refractivity contribution is 7.91. The van der Waals surface area contributed by atoms with Crippen molar-refractivity contribution in [2.45, 2.75) is 25.8 Å². The van der Waals surface area contributed by atoms with Gasteiger partial charge in [-0.25, -0.2) is 12.8 Å². The number of amides is 1. The van der Waals surface area contributed by atoms with Crippen LogP contribution in [0.25, 0.3) is 5.57 Å². The van der Waals surface area contributed by atoms with Gasteiger partial charge >= 0.3 is 0 Å². The molecule has 1 atom stereocenters. The first-order chi connectivity index (χ1) is 9.69. The van der Waals surface area contributed by atoms with E-state index in [1.165, 1.54) is 18.2 Å². The van der Waals surface area contributed by atoms with Crippen LogP contribution in [0, 0.1) is 5.82 Å². The smallest absolute Gasteiger partial charge is 0.244 e. The minimum absolute atomic E-state index is 0.0326. The highest BCUT2D eigenvalue weighted by atomic mass is 32.2. The molecule has 0 radical (unpaired) electrons. The molecule has 0 saturated carbocycles. The van der Waals surface area contributed by atoms with Gasteiger partial charge in [0.25, 0.3) is 0 Å². The van der Waals surface area contributed by atoms with Crippen molar-refractivity contribution in [3.05, 3.63) is 41.7 Å². The zero-order chi connectivity index (χ0) is 15.7. The van der Waals surface area contributed by atoms with E-state index >= 15 is 0 Å². The number of carbonyl (C=O) groups excluding carboxylic acids is 1. The first kappa shape index (κ1) is 15.7. The van der Waals surface area contributed by atoms with Gasteiger partial charge in [0.1, 0.15) is 5.82 Å². The van der Waals surface area contributed by atoms with E-state index < -0.39 is 15.4 Å². The third kappa shape index (κ3) is 4.14. The molecule has 114 valence electrons. The molecule has 2 rings (SSSR count). The van der Waals surface area contributed by atoms with Crippen LogP contribution in [-0.4, -0.2) is 31.4 Å². The Bertz CT molecular complexity index is 679. The summed E-state index contributed by atoms with van der Waals surface area (Å²) in [5, 5.41) is 2.75. The molecule has 0 bridgehead atoms. The Labute approximate surface area is 124 Å². The molecule has 0 aromatic heterocycles. The zero-order valence-corrected chi connectivity index (χ0v) is 12.8. The Kier molecular flexibility index (Phi) is 4.18. The Morgan fingerprint density at radius 2 is 1.95 bits per heavy atom. The van der Waals surface area contributed by atoms with Gasteiger partial charge in [0.15, 0.2) is 9.84 Å². The van der Waals surface area contributed by atoms with Gasteiger partial charge in [-0.05, 0) is 43.5 Å². The van der Waals surface area contributed by atoms with Gasteiger partial charge in [0.2, 0.25) is 5.91 Å². The van der Waals surface area contributed by atoms with Crippen molar-refractivity contribution in [2.75, 3.05) is 11.5 Å². The van der Waals surface area contributed by atoms with Gasteiger partial charge in [0.05, 0.1) is 17.0 Å². The summed E-state index contributed by atoms with van der Waals surface area (Å²) in [5.74, 6) is -0.601. The molecule has 1 heterocycles. The lowest BCUT2D eigenvalue weighted by Gasteiger charge is -2.23. The van der Waals surface area contributed by atoms with Crippen molar-refractivity contribution < 1.29 is 17.6 Å². The normalized spacial score (nSPS) is 24.8. The van der Waals surface area contributed by atoms with Gasteiger partial charge in [-0.3, -0.25) is 4.79 Å². The number of allylic oxidation sites excluding steroid dienone is 1. The summed E-state index contributed by atoms with van der Waals surface area (Å²) in [5.41, 5.74) is 0.725. The SMILES string of the molecule is C/C(=C\C(=O)NC1(C)CCS(=O)(=O)C1)c1ccc(F)cc1. The minimum atomic E-state index is -3.06. The summed E-state index contributed by atoms with van der Waals surface area (Å²) < 4.78 is 35.9. The number of rotatable bonds is 3. The summed E-state index contributed by atoms with van der Waals surface area (Å²) in [7, 11) is -3.06. The van der Waals surface area contributed by atoms with Crippen LogP contribution in [0.2, 0.25) is 0 Å². The fraction of sp³-hybridized carbons (Fsp3) is 0.400. The fourth-order valence-corrected chi connectivity index (χ4v) is 4.53. The fourth-order valence-electron chi connectivity index (χ4n) is 2.44. The van der Waals surface area contributed by atoms with Crippen LogP contribution >= 0.6 is 0 Å². The maximum atomic E-state index is 12.9. The summed E-state index contributed by atoms with van der Waals surface area (Å²) in [4.78, 5) is 12.0. The van der Waals surface area contributed by atoms with Crippen LogP contribution in [0.4, 0.5) is 4.39 Å². The first-order valence-electron chi connectivity index (χ1n) is 6.66. The average molecular weight is 311 g/mol. The number of benzene rings is 1. The van der Waals surface area contributed by atoms with Crippen LogP contribution in [0.5, 0.6) is 0 Å². The molecular weight excluding hydrogens is 293 g/mol. The zero-order valence-electron chi connectivity index (χ0n) is 12.0. The molecule has 0 spiro atoms. The van der Waals surface area contributed by atoms with Crippen LogP contribution in [0.3, 0.4) is 0 Å². The third-order valence-corrected chi connectivity index (χ3v) is 5.48. The molecule has 1 unspecified atom stereocenters. The second-order valence-electron chi connectivity index (χ2n) is 5.73. The van der Waals surface area contributed by atoms with Crippen LogP contribution in [-0.2, 0) is 14.6 Å². The monoisotopic (exact) mass is 311 g/mol. The van der Waals surface area contributed by atoms with Crippen LogP contribution in [0.15, 0.2) is 30.3 Å². The lowest BCUT2D eigenvalue weighted by molar-refractivity contribution is -0.117. The number of carbonyl (C=O) groups is 1. The van der Waals surface area contributed by atoms with E-state index in [4.69, 9.17) is 0 Å². The maximum Gasteiger partial charge on any atom is 0.244 e. The molecule has 1 aliphatic rings. The van der Waals surface area contributed by atoms with Gasteiger partial charge in [-0.2, -0.15) is 0 Å². The number of hydrogen-bond donors (Lipinski definition) is 1. The van der Waals surface area contributed by atoms with E-state index in [9.17, 15) is 17.6 Å². The molecule has 1 amide bonds. The molecule has 21 heavy (non-hydrogen) atoms. The van der Waals surface area contributed by atoms with Gasteiger partial charge in [0, 0.05) is 6.08 Å². The Balaban J connectivity index is 2.07. The number of halogens is 1. The van der Waals surface area contributed by atoms with Gasteiger partial charge < -0.3 is 5.32 Å². The van der Waals surface area contributed by atoms with E-state index in [1.54, 1.807) is 26.0 Å². The van der Waals surface area contributed by atoms with Gasteiger partial charge in [-0.1, -0.05) is 12.1 Å². The van der Waals surface area contributed by atoms with E-state index in [0.29, 0.717) is 12.0 Å². The van der Waals surface area contributed by atoms with Gasteiger partial charge in [-0.15, -0.1) is 0 Å². The Morgan fingerprint density at radius 3 is 2.48 bits per heavy atom. The lowest BCUT2D eigenvalue weighted by atomic mass is 10.0. The highest BCUT2D eigenvalue weighted by Crippen LogP contribution is 2.23. The first-order valence-corrected chi connectivity index (χ1v) is 8.48. The average Bonchev–Trinajstić information content (AvgIpc) is 2.63. The molecule has 1 N–H and O–H groups in total. The van der Waals surface area contributed by atoms with E-state index in [1.807, 2.05) is 0 Å². The quantitative estimate of drug-likeness (QED) is 0.868. The molecule has 4 nitrogen and oxygen atoms in total. The number of nitrogens with one attached hydrogen (secondary N) is 1. The van der Waals surface area contributed by atoms with Crippen molar-refractivity contribution in [3.63, 3.8) is 0 Å². The minimum Gasteiger partial charge on any atom is -0.346 e. The molecule has 1 aliphatic heterocycles.